The molecule has 1 aliphatic heterocycles. The normalized spacial score (nSPS) is 23.3. The molecule has 4 heteroatoms. The van der Waals surface area contributed by atoms with Crippen LogP contribution < -0.4 is 5.32 Å². The van der Waals surface area contributed by atoms with Crippen LogP contribution in [0, 0.1) is 6.92 Å². The number of nitrogens with zero attached hydrogens (tertiary/aromatic N) is 3. The lowest BCUT2D eigenvalue weighted by Crippen LogP contribution is -2.49. The molecule has 0 aromatic carbocycles. The number of aryl methyl sites for hydroxylation is 2. The second kappa shape index (κ2) is 5.86. The van der Waals surface area contributed by atoms with Gasteiger partial charge in [0.05, 0.1) is 11.4 Å². The summed E-state index contributed by atoms with van der Waals surface area (Å²) in [6.45, 7) is 9.90. The predicted molar refractivity (Wildman–Crippen MR) is 81.7 cm³/mol. The maximum Gasteiger partial charge on any atom is 0.0597 e. The first-order valence-corrected chi connectivity index (χ1v) is 8.21. The van der Waals surface area contributed by atoms with E-state index in [9.17, 15) is 0 Å². The molecule has 0 unspecified atom stereocenters. The Morgan fingerprint density at radius 2 is 2.10 bits per heavy atom. The Balaban J connectivity index is 1.72. The van der Waals surface area contributed by atoms with Crippen molar-refractivity contribution < 1.29 is 0 Å². The smallest absolute Gasteiger partial charge is 0.0597 e. The number of nitrogens with one attached hydrogen (secondary N) is 1. The van der Waals surface area contributed by atoms with Crippen molar-refractivity contribution in [3.63, 3.8) is 0 Å². The van der Waals surface area contributed by atoms with Gasteiger partial charge in [-0.2, -0.15) is 5.10 Å². The van der Waals surface area contributed by atoms with Gasteiger partial charge in [0, 0.05) is 25.2 Å². The largest absolute Gasteiger partial charge is 0.310 e. The van der Waals surface area contributed by atoms with Crippen LogP contribution in [0.15, 0.2) is 6.07 Å². The van der Waals surface area contributed by atoms with Crippen molar-refractivity contribution in [2.24, 2.45) is 0 Å². The van der Waals surface area contributed by atoms with Crippen LogP contribution in [0.4, 0.5) is 0 Å². The van der Waals surface area contributed by atoms with Gasteiger partial charge in [0.2, 0.25) is 0 Å². The van der Waals surface area contributed by atoms with E-state index in [1.165, 1.54) is 57.4 Å². The summed E-state index contributed by atoms with van der Waals surface area (Å²) in [5.74, 6) is 0. The van der Waals surface area contributed by atoms with Gasteiger partial charge in [-0.05, 0) is 52.3 Å². The Morgan fingerprint density at radius 1 is 1.30 bits per heavy atom. The van der Waals surface area contributed by atoms with Crippen molar-refractivity contribution in [1.82, 2.24) is 20.0 Å². The van der Waals surface area contributed by atoms with Crippen LogP contribution in [0.5, 0.6) is 0 Å². The Morgan fingerprint density at radius 3 is 2.85 bits per heavy atom. The van der Waals surface area contributed by atoms with Crippen LogP contribution in [0.2, 0.25) is 0 Å². The SMILES string of the molecule is CCn1nc(C)cc1CN1CCCNC2(CCCC2)C1. The first kappa shape index (κ1) is 14.1. The Hall–Kier alpha value is -0.870. The third-order valence-electron chi connectivity index (χ3n) is 4.91. The van der Waals surface area contributed by atoms with Crippen molar-refractivity contribution in [3.8, 4) is 0 Å². The van der Waals surface area contributed by atoms with Crippen LogP contribution in [-0.2, 0) is 13.1 Å². The van der Waals surface area contributed by atoms with E-state index in [-0.39, 0.29) is 0 Å². The maximum atomic E-state index is 4.58. The summed E-state index contributed by atoms with van der Waals surface area (Å²) in [5.41, 5.74) is 2.92. The minimum absolute atomic E-state index is 0.405. The molecule has 1 aromatic rings. The number of hydrogen-bond donors (Lipinski definition) is 1. The molecule has 1 N–H and O–H groups in total. The zero-order valence-electron chi connectivity index (χ0n) is 13.0. The minimum Gasteiger partial charge on any atom is -0.310 e. The van der Waals surface area contributed by atoms with Gasteiger partial charge in [-0.25, -0.2) is 0 Å². The van der Waals surface area contributed by atoms with Gasteiger partial charge in [-0.15, -0.1) is 0 Å². The van der Waals surface area contributed by atoms with Gasteiger partial charge >= 0.3 is 0 Å². The highest BCUT2D eigenvalue weighted by molar-refractivity contribution is 5.09. The molecule has 1 saturated carbocycles. The van der Waals surface area contributed by atoms with Gasteiger partial charge in [0.25, 0.3) is 0 Å². The molecule has 2 heterocycles. The lowest BCUT2D eigenvalue weighted by molar-refractivity contribution is 0.199. The Bertz CT molecular complexity index is 445. The summed E-state index contributed by atoms with van der Waals surface area (Å²) in [6.07, 6.45) is 6.77. The highest BCUT2D eigenvalue weighted by atomic mass is 15.3. The molecule has 1 saturated heterocycles. The van der Waals surface area contributed by atoms with Crippen molar-refractivity contribution in [3.05, 3.63) is 17.5 Å². The van der Waals surface area contributed by atoms with Crippen molar-refractivity contribution in [2.45, 2.75) is 64.6 Å². The van der Waals surface area contributed by atoms with Crippen LogP contribution in [0.3, 0.4) is 0 Å². The Kier molecular flexibility index (Phi) is 4.13. The van der Waals surface area contributed by atoms with Gasteiger partial charge < -0.3 is 5.32 Å². The molecular weight excluding hydrogens is 248 g/mol. The predicted octanol–water partition coefficient (Wildman–Crippen LogP) is 2.32. The van der Waals surface area contributed by atoms with Crippen LogP contribution in [0.1, 0.15) is 50.4 Å². The first-order chi connectivity index (χ1) is 9.71. The summed E-state index contributed by atoms with van der Waals surface area (Å²) in [7, 11) is 0. The second-order valence-electron chi connectivity index (χ2n) is 6.57. The molecule has 2 fully saturated rings. The fourth-order valence-corrected chi connectivity index (χ4v) is 3.97. The molecule has 20 heavy (non-hydrogen) atoms. The van der Waals surface area contributed by atoms with E-state index in [4.69, 9.17) is 0 Å². The molecule has 0 amide bonds. The van der Waals surface area contributed by atoms with Crippen molar-refractivity contribution >= 4 is 0 Å². The summed E-state index contributed by atoms with van der Waals surface area (Å²) < 4.78 is 2.16. The zero-order chi connectivity index (χ0) is 14.0. The van der Waals surface area contributed by atoms with Gasteiger partial charge in [0.1, 0.15) is 0 Å². The van der Waals surface area contributed by atoms with E-state index < -0.39 is 0 Å². The lowest BCUT2D eigenvalue weighted by atomic mass is 9.97. The van der Waals surface area contributed by atoms with E-state index in [0.29, 0.717) is 5.54 Å². The molecule has 3 rings (SSSR count). The standard InChI is InChI=1S/C16H28N4/c1-3-20-15(11-14(2)18-20)12-19-10-6-9-17-16(13-19)7-4-5-8-16/h11,17H,3-10,12-13H2,1-2H3. The second-order valence-corrected chi connectivity index (χ2v) is 6.57. The molecule has 0 bridgehead atoms. The van der Waals surface area contributed by atoms with E-state index >= 15 is 0 Å². The molecule has 1 aromatic heterocycles. The molecule has 112 valence electrons. The lowest BCUT2D eigenvalue weighted by Gasteiger charge is -2.33. The topological polar surface area (TPSA) is 33.1 Å². The molecular formula is C16H28N4. The average Bonchev–Trinajstić information content (AvgIpc) is 2.95. The minimum atomic E-state index is 0.405. The summed E-state index contributed by atoms with van der Waals surface area (Å²) >= 11 is 0. The summed E-state index contributed by atoms with van der Waals surface area (Å²) in [5, 5.41) is 8.42. The van der Waals surface area contributed by atoms with Gasteiger partial charge in [-0.3, -0.25) is 9.58 Å². The number of rotatable bonds is 3. The van der Waals surface area contributed by atoms with Gasteiger partial charge in [-0.1, -0.05) is 12.8 Å². The first-order valence-electron chi connectivity index (χ1n) is 8.21. The van der Waals surface area contributed by atoms with Crippen LogP contribution in [-0.4, -0.2) is 39.9 Å². The number of aromatic nitrogens is 2. The van der Waals surface area contributed by atoms with E-state index in [1.54, 1.807) is 0 Å². The molecule has 1 aliphatic carbocycles. The van der Waals surface area contributed by atoms with Crippen LogP contribution >= 0.6 is 0 Å². The van der Waals surface area contributed by atoms with E-state index in [1.807, 2.05) is 0 Å². The fraction of sp³-hybridized carbons (Fsp3) is 0.812. The molecule has 4 nitrogen and oxygen atoms in total. The van der Waals surface area contributed by atoms with Crippen molar-refractivity contribution in [2.75, 3.05) is 19.6 Å². The quantitative estimate of drug-likeness (QED) is 0.920. The van der Waals surface area contributed by atoms with Crippen molar-refractivity contribution in [1.29, 1.82) is 0 Å². The maximum absolute atomic E-state index is 4.58. The molecule has 0 radical (unpaired) electrons. The van der Waals surface area contributed by atoms with E-state index in [0.717, 1.165) is 18.8 Å². The Labute approximate surface area is 122 Å². The molecule has 0 atom stereocenters. The van der Waals surface area contributed by atoms with Gasteiger partial charge in [0.15, 0.2) is 0 Å². The third-order valence-corrected chi connectivity index (χ3v) is 4.91. The highest BCUT2D eigenvalue weighted by Gasteiger charge is 2.36. The molecule has 2 aliphatic rings. The number of hydrogen-bond acceptors (Lipinski definition) is 3. The average molecular weight is 276 g/mol. The fourth-order valence-electron chi connectivity index (χ4n) is 3.97. The summed E-state index contributed by atoms with van der Waals surface area (Å²) in [4.78, 5) is 2.65. The zero-order valence-corrected chi connectivity index (χ0v) is 13.0. The van der Waals surface area contributed by atoms with E-state index in [2.05, 4.69) is 39.9 Å². The van der Waals surface area contributed by atoms with Crippen LogP contribution in [0.25, 0.3) is 0 Å². The monoisotopic (exact) mass is 276 g/mol. The third kappa shape index (κ3) is 2.91. The molecule has 1 spiro atoms. The highest BCUT2D eigenvalue weighted by Crippen LogP contribution is 2.32. The summed E-state index contributed by atoms with van der Waals surface area (Å²) in [6, 6.07) is 2.25.